The van der Waals surface area contributed by atoms with Crippen molar-refractivity contribution in [1.82, 2.24) is 15.0 Å². The Labute approximate surface area is 110 Å². The summed E-state index contributed by atoms with van der Waals surface area (Å²) in [6.07, 6.45) is 4.95. The van der Waals surface area contributed by atoms with E-state index in [9.17, 15) is 4.79 Å². The second kappa shape index (κ2) is 5.64. The van der Waals surface area contributed by atoms with Crippen LogP contribution in [0.25, 0.3) is 0 Å². The van der Waals surface area contributed by atoms with Gasteiger partial charge in [0.05, 0.1) is 0 Å². The summed E-state index contributed by atoms with van der Waals surface area (Å²) in [6.45, 7) is 2.05. The maximum absolute atomic E-state index is 12.0. The van der Waals surface area contributed by atoms with Gasteiger partial charge in [0.15, 0.2) is 0 Å². The maximum atomic E-state index is 12.0. The van der Waals surface area contributed by atoms with Gasteiger partial charge in [-0.1, -0.05) is 24.9 Å². The highest BCUT2D eigenvalue weighted by Gasteiger charge is 2.10. The largest absolute Gasteiger partial charge is 0.331 e. The molecule has 0 aliphatic heterocycles. The van der Waals surface area contributed by atoms with Gasteiger partial charge in [-0.15, -0.1) is 0 Å². The molecule has 0 saturated carbocycles. The van der Waals surface area contributed by atoms with Crippen molar-refractivity contribution in [1.29, 1.82) is 0 Å². The minimum absolute atomic E-state index is 0.258. The summed E-state index contributed by atoms with van der Waals surface area (Å²) in [7, 11) is 0. The zero-order valence-electron chi connectivity index (χ0n) is 9.90. The molecule has 0 aliphatic rings. The van der Waals surface area contributed by atoms with Crippen LogP contribution in [0.1, 0.15) is 29.4 Å². The quantitative estimate of drug-likeness (QED) is 0.834. The number of aryl methyl sites for hydroxylation is 1. The summed E-state index contributed by atoms with van der Waals surface area (Å²) in [6, 6.07) is 3.28. The van der Waals surface area contributed by atoms with Crippen molar-refractivity contribution in [3.05, 3.63) is 40.9 Å². The molecule has 1 amide bonds. The number of hydrogen-bond donors (Lipinski definition) is 2. The zero-order chi connectivity index (χ0) is 13.0. The van der Waals surface area contributed by atoms with Gasteiger partial charge in [-0.2, -0.15) is 0 Å². The molecule has 0 spiro atoms. The summed E-state index contributed by atoms with van der Waals surface area (Å²) in [5.74, 6) is 0.150. The highest BCUT2D eigenvalue weighted by Crippen LogP contribution is 2.13. The molecular formula is C12H13ClN4O. The second-order valence-corrected chi connectivity index (χ2v) is 4.20. The molecule has 2 aromatic heterocycles. The Hall–Kier alpha value is -1.88. The molecule has 0 aliphatic carbocycles. The van der Waals surface area contributed by atoms with Crippen LogP contribution in [0.4, 0.5) is 5.95 Å². The van der Waals surface area contributed by atoms with E-state index in [0.29, 0.717) is 16.7 Å². The average Bonchev–Trinajstić information content (AvgIpc) is 2.81. The number of hydrogen-bond acceptors (Lipinski definition) is 3. The van der Waals surface area contributed by atoms with Crippen LogP contribution in [-0.4, -0.2) is 20.9 Å². The van der Waals surface area contributed by atoms with Crippen molar-refractivity contribution in [2.24, 2.45) is 0 Å². The second-order valence-electron chi connectivity index (χ2n) is 3.81. The first kappa shape index (κ1) is 12.6. The summed E-state index contributed by atoms with van der Waals surface area (Å²) in [4.78, 5) is 22.9. The number of carbonyl (C=O) groups is 1. The number of carbonyl (C=O) groups excluding carboxylic acids is 1. The van der Waals surface area contributed by atoms with Crippen molar-refractivity contribution in [2.75, 3.05) is 5.32 Å². The lowest BCUT2D eigenvalue weighted by atomic mass is 10.1. The van der Waals surface area contributed by atoms with Gasteiger partial charge in [0.1, 0.15) is 5.15 Å². The minimum atomic E-state index is -0.258. The first-order valence-electron chi connectivity index (χ1n) is 5.66. The lowest BCUT2D eigenvalue weighted by molar-refractivity contribution is 0.102. The number of aromatic nitrogens is 3. The van der Waals surface area contributed by atoms with E-state index in [4.69, 9.17) is 11.6 Å². The molecule has 0 atom stereocenters. The first-order valence-corrected chi connectivity index (χ1v) is 6.04. The Morgan fingerprint density at radius 1 is 1.50 bits per heavy atom. The molecule has 18 heavy (non-hydrogen) atoms. The van der Waals surface area contributed by atoms with Gasteiger partial charge < -0.3 is 4.98 Å². The van der Waals surface area contributed by atoms with Crippen LogP contribution in [-0.2, 0) is 6.42 Å². The fourth-order valence-corrected chi connectivity index (χ4v) is 1.81. The number of nitrogens with zero attached hydrogens (tertiary/aromatic N) is 2. The molecule has 0 fully saturated rings. The van der Waals surface area contributed by atoms with Gasteiger partial charge in [0.2, 0.25) is 5.95 Å². The normalized spacial score (nSPS) is 10.3. The van der Waals surface area contributed by atoms with E-state index < -0.39 is 0 Å². The van der Waals surface area contributed by atoms with Crippen LogP contribution in [0.15, 0.2) is 24.5 Å². The molecule has 5 nitrogen and oxygen atoms in total. The number of rotatable bonds is 4. The summed E-state index contributed by atoms with van der Waals surface area (Å²) >= 11 is 5.90. The van der Waals surface area contributed by atoms with E-state index in [2.05, 4.69) is 20.3 Å². The maximum Gasteiger partial charge on any atom is 0.258 e. The number of pyridine rings is 1. The molecule has 0 saturated heterocycles. The van der Waals surface area contributed by atoms with Crippen molar-refractivity contribution in [3.8, 4) is 0 Å². The molecule has 0 unspecified atom stereocenters. The number of imidazole rings is 1. The Kier molecular flexibility index (Phi) is 3.94. The van der Waals surface area contributed by atoms with Crippen molar-refractivity contribution in [3.63, 3.8) is 0 Å². The third-order valence-corrected chi connectivity index (χ3v) is 2.54. The Morgan fingerprint density at radius 3 is 3.00 bits per heavy atom. The van der Waals surface area contributed by atoms with Gasteiger partial charge in [-0.3, -0.25) is 10.1 Å². The highest BCUT2D eigenvalue weighted by molar-refractivity contribution is 6.29. The Balaban J connectivity index is 2.19. The van der Waals surface area contributed by atoms with E-state index in [0.717, 1.165) is 18.5 Å². The van der Waals surface area contributed by atoms with E-state index in [-0.39, 0.29) is 5.91 Å². The average molecular weight is 265 g/mol. The van der Waals surface area contributed by atoms with E-state index >= 15 is 0 Å². The predicted molar refractivity (Wildman–Crippen MR) is 69.8 cm³/mol. The molecular weight excluding hydrogens is 252 g/mol. The van der Waals surface area contributed by atoms with Crippen LogP contribution in [0, 0.1) is 0 Å². The fraction of sp³-hybridized carbons (Fsp3) is 0.250. The van der Waals surface area contributed by atoms with E-state index in [1.54, 1.807) is 24.5 Å². The molecule has 2 aromatic rings. The van der Waals surface area contributed by atoms with Crippen LogP contribution >= 0.6 is 11.6 Å². The lowest BCUT2D eigenvalue weighted by Gasteiger charge is -2.05. The van der Waals surface area contributed by atoms with Gasteiger partial charge in [0, 0.05) is 23.7 Å². The van der Waals surface area contributed by atoms with Crippen molar-refractivity contribution in [2.45, 2.75) is 19.8 Å². The van der Waals surface area contributed by atoms with Crippen molar-refractivity contribution < 1.29 is 4.79 Å². The smallest absolute Gasteiger partial charge is 0.258 e. The third kappa shape index (κ3) is 3.07. The third-order valence-electron chi connectivity index (χ3n) is 2.35. The molecule has 2 heterocycles. The summed E-state index contributed by atoms with van der Waals surface area (Å²) in [5.41, 5.74) is 1.30. The molecule has 2 N–H and O–H groups in total. The number of nitrogens with one attached hydrogen (secondary N) is 2. The fourth-order valence-electron chi connectivity index (χ4n) is 1.58. The zero-order valence-corrected chi connectivity index (χ0v) is 10.7. The molecule has 94 valence electrons. The number of amides is 1. The first-order chi connectivity index (χ1) is 8.69. The van der Waals surface area contributed by atoms with Crippen molar-refractivity contribution >= 4 is 23.5 Å². The van der Waals surface area contributed by atoms with Crippen LogP contribution in [0.3, 0.4) is 0 Å². The minimum Gasteiger partial charge on any atom is -0.331 e. The standard InChI is InChI=1S/C12H13ClN4O/c1-2-3-9-6-8(7-10(13)16-9)11(18)17-12-14-4-5-15-12/h4-7H,2-3H2,1H3,(H2,14,15,17,18). The number of anilines is 1. The van der Waals surface area contributed by atoms with Gasteiger partial charge in [-0.05, 0) is 18.6 Å². The number of aromatic amines is 1. The monoisotopic (exact) mass is 264 g/mol. The van der Waals surface area contributed by atoms with Gasteiger partial charge >= 0.3 is 0 Å². The van der Waals surface area contributed by atoms with Crippen LogP contribution in [0.2, 0.25) is 5.15 Å². The lowest BCUT2D eigenvalue weighted by Crippen LogP contribution is -2.13. The molecule has 0 aromatic carbocycles. The number of halogens is 1. The summed E-state index contributed by atoms with van der Waals surface area (Å²) < 4.78 is 0. The highest BCUT2D eigenvalue weighted by atomic mass is 35.5. The Morgan fingerprint density at radius 2 is 2.33 bits per heavy atom. The van der Waals surface area contributed by atoms with E-state index in [1.807, 2.05) is 6.92 Å². The Bertz CT molecular complexity index is 539. The predicted octanol–water partition coefficient (Wildman–Crippen LogP) is 2.66. The van der Waals surface area contributed by atoms with Gasteiger partial charge in [0.25, 0.3) is 5.91 Å². The summed E-state index contributed by atoms with van der Waals surface area (Å²) in [5, 5.41) is 2.97. The molecule has 2 rings (SSSR count). The van der Waals surface area contributed by atoms with E-state index in [1.165, 1.54) is 0 Å². The topological polar surface area (TPSA) is 70.7 Å². The SMILES string of the molecule is CCCc1cc(C(=O)Nc2ncc[nH]2)cc(Cl)n1. The molecule has 0 bridgehead atoms. The van der Waals surface area contributed by atoms with Crippen LogP contribution in [0.5, 0.6) is 0 Å². The molecule has 6 heteroatoms. The molecule has 0 radical (unpaired) electrons. The van der Waals surface area contributed by atoms with Crippen LogP contribution < -0.4 is 5.32 Å². The van der Waals surface area contributed by atoms with Gasteiger partial charge in [-0.25, -0.2) is 9.97 Å². The number of H-pyrrole nitrogens is 1.